The summed E-state index contributed by atoms with van der Waals surface area (Å²) >= 11 is 0. The molecule has 0 heterocycles. The average molecular weight is 363 g/mol. The van der Waals surface area contributed by atoms with Crippen LogP contribution in [-0.4, -0.2) is 11.9 Å². The molecule has 0 aliphatic heterocycles. The Balaban J connectivity index is 2.58. The van der Waals surface area contributed by atoms with Crippen LogP contribution in [0.5, 0.6) is 11.5 Å². The molecule has 26 heavy (non-hydrogen) atoms. The summed E-state index contributed by atoms with van der Waals surface area (Å²) in [5.74, 6) is 1.16. The lowest BCUT2D eigenvalue weighted by Crippen LogP contribution is -2.14. The van der Waals surface area contributed by atoms with Crippen molar-refractivity contribution in [3.05, 3.63) is 24.3 Å². The normalized spacial score (nSPS) is 11.0. The first kappa shape index (κ1) is 22.2. The van der Waals surface area contributed by atoms with Gasteiger partial charge in [-0.1, -0.05) is 65.5 Å². The quantitative estimate of drug-likeness (QED) is 0.341. The van der Waals surface area contributed by atoms with Crippen LogP contribution < -0.4 is 9.47 Å². The third-order valence-electron chi connectivity index (χ3n) is 5.12. The second kappa shape index (κ2) is 12.5. The smallest absolute Gasteiger partial charge is 0.311 e. The second-order valence-electron chi connectivity index (χ2n) is 6.84. The van der Waals surface area contributed by atoms with Crippen LogP contribution in [0, 0.1) is 11.8 Å². The van der Waals surface area contributed by atoms with Crippen molar-refractivity contribution in [2.75, 3.05) is 0 Å². The van der Waals surface area contributed by atoms with Crippen molar-refractivity contribution in [3.63, 3.8) is 0 Å². The van der Waals surface area contributed by atoms with Crippen LogP contribution in [0.25, 0.3) is 0 Å². The molecule has 0 radical (unpaired) electrons. The van der Waals surface area contributed by atoms with Gasteiger partial charge in [0, 0.05) is 12.8 Å². The van der Waals surface area contributed by atoms with Gasteiger partial charge in [0.05, 0.1) is 0 Å². The second-order valence-corrected chi connectivity index (χ2v) is 6.84. The number of hydrogen-bond donors (Lipinski definition) is 0. The van der Waals surface area contributed by atoms with Crippen molar-refractivity contribution < 1.29 is 19.1 Å². The highest BCUT2D eigenvalue weighted by atomic mass is 16.6. The first-order chi connectivity index (χ1) is 12.5. The number of rotatable bonds is 12. The van der Waals surface area contributed by atoms with Crippen LogP contribution in [-0.2, 0) is 9.59 Å². The number of benzene rings is 1. The number of hydrogen-bond acceptors (Lipinski definition) is 4. The summed E-state index contributed by atoms with van der Waals surface area (Å²) in [7, 11) is 0. The topological polar surface area (TPSA) is 52.6 Å². The molecular weight excluding hydrogens is 328 g/mol. The van der Waals surface area contributed by atoms with Crippen molar-refractivity contribution in [2.24, 2.45) is 11.8 Å². The highest BCUT2D eigenvalue weighted by Crippen LogP contribution is 2.28. The summed E-state index contributed by atoms with van der Waals surface area (Å²) in [6, 6.07) is 6.87. The Kier molecular flexibility index (Phi) is 10.7. The number of carbonyl (C=O) groups is 2. The molecule has 0 fully saturated rings. The van der Waals surface area contributed by atoms with Gasteiger partial charge >= 0.3 is 11.9 Å². The lowest BCUT2D eigenvalue weighted by molar-refractivity contribution is -0.137. The Labute approximate surface area is 158 Å². The minimum atomic E-state index is -0.280. The summed E-state index contributed by atoms with van der Waals surface area (Å²) in [6.07, 6.45) is 6.66. The van der Waals surface area contributed by atoms with Crippen LogP contribution in [0.3, 0.4) is 0 Å². The Morgan fingerprint density at radius 1 is 0.731 bits per heavy atom. The minimum Gasteiger partial charge on any atom is -0.423 e. The standard InChI is InChI=1S/C22H34O4/c1-5-17(6-2)13-15-21(23)25-19-11-9-10-12-20(19)26-22(24)16-14-18(7-3)8-4/h9-12,17-18H,5-8,13-16H2,1-4H3. The summed E-state index contributed by atoms with van der Waals surface area (Å²) in [5, 5.41) is 0. The van der Waals surface area contributed by atoms with E-state index in [0.29, 0.717) is 36.2 Å². The predicted octanol–water partition coefficient (Wildman–Crippen LogP) is 5.93. The van der Waals surface area contributed by atoms with Crippen LogP contribution in [0.2, 0.25) is 0 Å². The minimum absolute atomic E-state index is 0.280. The molecule has 146 valence electrons. The van der Waals surface area contributed by atoms with E-state index in [1.165, 1.54) is 0 Å². The monoisotopic (exact) mass is 362 g/mol. The van der Waals surface area contributed by atoms with E-state index in [0.717, 1.165) is 38.5 Å². The predicted molar refractivity (Wildman–Crippen MR) is 104 cm³/mol. The molecule has 0 saturated heterocycles. The number of para-hydroxylation sites is 2. The Hall–Kier alpha value is -1.84. The Morgan fingerprint density at radius 3 is 1.38 bits per heavy atom. The van der Waals surface area contributed by atoms with Crippen LogP contribution in [0.1, 0.15) is 79.1 Å². The molecule has 0 unspecified atom stereocenters. The van der Waals surface area contributed by atoms with Crippen molar-refractivity contribution >= 4 is 11.9 Å². The summed E-state index contributed by atoms with van der Waals surface area (Å²) < 4.78 is 10.9. The Bertz CT molecular complexity index is 496. The molecule has 0 atom stereocenters. The lowest BCUT2D eigenvalue weighted by atomic mass is 9.98. The van der Waals surface area contributed by atoms with Gasteiger partial charge in [-0.15, -0.1) is 0 Å². The van der Waals surface area contributed by atoms with E-state index in [2.05, 4.69) is 27.7 Å². The highest BCUT2D eigenvalue weighted by Gasteiger charge is 2.15. The molecule has 0 N–H and O–H groups in total. The van der Waals surface area contributed by atoms with Gasteiger partial charge in [0.15, 0.2) is 11.5 Å². The van der Waals surface area contributed by atoms with Gasteiger partial charge in [0.25, 0.3) is 0 Å². The lowest BCUT2D eigenvalue weighted by Gasteiger charge is -2.14. The van der Waals surface area contributed by atoms with E-state index in [1.807, 2.05) is 0 Å². The fraction of sp³-hybridized carbons (Fsp3) is 0.636. The van der Waals surface area contributed by atoms with Gasteiger partial charge in [0.2, 0.25) is 0 Å². The van der Waals surface area contributed by atoms with E-state index < -0.39 is 0 Å². The van der Waals surface area contributed by atoms with Crippen molar-refractivity contribution in [1.82, 2.24) is 0 Å². The third kappa shape index (κ3) is 8.03. The van der Waals surface area contributed by atoms with Crippen molar-refractivity contribution in [2.45, 2.75) is 79.1 Å². The molecule has 0 amide bonds. The third-order valence-corrected chi connectivity index (χ3v) is 5.12. The van der Waals surface area contributed by atoms with Gasteiger partial charge in [-0.25, -0.2) is 0 Å². The maximum atomic E-state index is 12.1. The summed E-state index contributed by atoms with van der Waals surface area (Å²) in [5.41, 5.74) is 0. The van der Waals surface area contributed by atoms with E-state index in [-0.39, 0.29) is 11.9 Å². The molecular formula is C22H34O4. The zero-order chi connectivity index (χ0) is 19.4. The van der Waals surface area contributed by atoms with Gasteiger partial charge < -0.3 is 9.47 Å². The van der Waals surface area contributed by atoms with Gasteiger partial charge in [-0.3, -0.25) is 9.59 Å². The first-order valence-corrected chi connectivity index (χ1v) is 10.0. The van der Waals surface area contributed by atoms with Crippen molar-refractivity contribution in [3.8, 4) is 11.5 Å². The molecule has 0 bridgehead atoms. The zero-order valence-corrected chi connectivity index (χ0v) is 16.8. The van der Waals surface area contributed by atoms with Crippen LogP contribution >= 0.6 is 0 Å². The molecule has 1 aromatic rings. The molecule has 4 heteroatoms. The highest BCUT2D eigenvalue weighted by molar-refractivity contribution is 5.76. The van der Waals surface area contributed by atoms with E-state index >= 15 is 0 Å². The average Bonchev–Trinajstić information content (AvgIpc) is 2.65. The number of carbonyl (C=O) groups excluding carboxylic acids is 2. The molecule has 0 aliphatic rings. The van der Waals surface area contributed by atoms with E-state index in [1.54, 1.807) is 24.3 Å². The first-order valence-electron chi connectivity index (χ1n) is 10.0. The fourth-order valence-corrected chi connectivity index (χ4v) is 3.00. The Morgan fingerprint density at radius 2 is 1.08 bits per heavy atom. The maximum absolute atomic E-state index is 12.1. The molecule has 0 aromatic heterocycles. The zero-order valence-electron chi connectivity index (χ0n) is 16.8. The number of esters is 2. The molecule has 4 nitrogen and oxygen atoms in total. The SMILES string of the molecule is CCC(CC)CCC(=O)Oc1ccccc1OC(=O)CCC(CC)CC. The van der Waals surface area contributed by atoms with E-state index in [9.17, 15) is 9.59 Å². The molecule has 0 aliphatic carbocycles. The molecule has 0 saturated carbocycles. The number of ether oxygens (including phenoxy) is 2. The molecule has 1 rings (SSSR count). The summed E-state index contributed by atoms with van der Waals surface area (Å²) in [6.45, 7) is 8.54. The van der Waals surface area contributed by atoms with Gasteiger partial charge in [-0.05, 0) is 36.8 Å². The fourth-order valence-electron chi connectivity index (χ4n) is 3.00. The summed E-state index contributed by atoms with van der Waals surface area (Å²) in [4.78, 5) is 24.2. The van der Waals surface area contributed by atoms with Crippen molar-refractivity contribution in [1.29, 1.82) is 0 Å². The van der Waals surface area contributed by atoms with E-state index in [4.69, 9.17) is 9.47 Å². The largest absolute Gasteiger partial charge is 0.423 e. The maximum Gasteiger partial charge on any atom is 0.311 e. The van der Waals surface area contributed by atoms with Crippen LogP contribution in [0.15, 0.2) is 24.3 Å². The van der Waals surface area contributed by atoms with Crippen LogP contribution in [0.4, 0.5) is 0 Å². The molecule has 0 spiro atoms. The molecule has 1 aromatic carbocycles. The van der Waals surface area contributed by atoms with Gasteiger partial charge in [-0.2, -0.15) is 0 Å². The van der Waals surface area contributed by atoms with Gasteiger partial charge in [0.1, 0.15) is 0 Å².